The highest BCUT2D eigenvalue weighted by Gasteiger charge is 1.90. The van der Waals surface area contributed by atoms with E-state index in [0.717, 1.165) is 0 Å². The summed E-state index contributed by atoms with van der Waals surface area (Å²) < 4.78 is 8.74. The van der Waals surface area contributed by atoms with Crippen LogP contribution in [0.2, 0.25) is 0 Å². The van der Waals surface area contributed by atoms with E-state index >= 15 is 0 Å². The molecule has 0 spiro atoms. The van der Waals surface area contributed by atoms with Crippen LogP contribution >= 0.6 is 8.25 Å². The summed E-state index contributed by atoms with van der Waals surface area (Å²) in [5.74, 6) is 0.222. The first-order chi connectivity index (χ1) is 6.54. The summed E-state index contributed by atoms with van der Waals surface area (Å²) >= 11 is 0. The van der Waals surface area contributed by atoms with E-state index in [9.17, 15) is 0 Å². The summed E-state index contributed by atoms with van der Waals surface area (Å²) in [5, 5.41) is 9.99. The number of nitrogen functional groups attached to an aromatic ring is 2. The summed E-state index contributed by atoms with van der Waals surface area (Å²) in [6, 6.07) is 0. The van der Waals surface area contributed by atoms with Crippen LogP contribution in [0.25, 0.3) is 0 Å². The minimum Gasteiger partial charge on any atom is -0.394 e. The van der Waals surface area contributed by atoms with Crippen molar-refractivity contribution in [3.63, 3.8) is 0 Å². The molecule has 0 amide bonds. The molecule has 0 aliphatic rings. The SMILES string of the molecule is C=C.Nc1cnnnc1N.O=[PH](O)O. The van der Waals surface area contributed by atoms with Crippen molar-refractivity contribution in [2.45, 2.75) is 0 Å². The van der Waals surface area contributed by atoms with Crippen molar-refractivity contribution >= 4 is 19.8 Å². The zero-order valence-corrected chi connectivity index (χ0v) is 8.29. The molecule has 1 rings (SSSR count). The second kappa shape index (κ2) is 9.59. The Morgan fingerprint density at radius 3 is 2.00 bits per heavy atom. The van der Waals surface area contributed by atoms with Gasteiger partial charge in [-0.1, -0.05) is 0 Å². The van der Waals surface area contributed by atoms with Crippen molar-refractivity contribution in [2.24, 2.45) is 0 Å². The standard InChI is InChI=1S/C3H5N5.C2H4.H3O3P/c4-2-1-6-8-7-3(2)5;1-2;1-4(2)3/h1H,(H2,4,8)(H2,5,6,7);1-2H2;4H,(H2,1,2,3). The molecular weight excluding hydrogens is 209 g/mol. The van der Waals surface area contributed by atoms with Gasteiger partial charge in [0, 0.05) is 0 Å². The Balaban J connectivity index is 0. The molecule has 6 N–H and O–H groups in total. The highest BCUT2D eigenvalue weighted by atomic mass is 31.1. The van der Waals surface area contributed by atoms with Crippen molar-refractivity contribution < 1.29 is 14.4 Å². The van der Waals surface area contributed by atoms with Gasteiger partial charge in [0.2, 0.25) is 0 Å². The number of nitrogens with zero attached hydrogens (tertiary/aromatic N) is 3. The summed E-state index contributed by atoms with van der Waals surface area (Å²) in [6.45, 7) is 6.00. The number of rotatable bonds is 0. The van der Waals surface area contributed by atoms with Crippen molar-refractivity contribution in [1.82, 2.24) is 15.4 Å². The third-order valence-electron chi connectivity index (χ3n) is 0.697. The Morgan fingerprint density at radius 2 is 1.79 bits per heavy atom. The molecular formula is C5H12N5O3P. The van der Waals surface area contributed by atoms with Gasteiger partial charge in [-0.15, -0.1) is 23.4 Å². The second-order valence-electron chi connectivity index (χ2n) is 1.56. The lowest BCUT2D eigenvalue weighted by atomic mass is 10.5. The molecule has 0 aliphatic carbocycles. The van der Waals surface area contributed by atoms with Crippen molar-refractivity contribution in [2.75, 3.05) is 11.5 Å². The molecule has 0 saturated carbocycles. The monoisotopic (exact) mass is 221 g/mol. The lowest BCUT2D eigenvalue weighted by Gasteiger charge is -1.90. The van der Waals surface area contributed by atoms with Crippen LogP contribution in [0.4, 0.5) is 11.5 Å². The number of hydrogen-bond donors (Lipinski definition) is 4. The third kappa shape index (κ3) is 10.5. The molecule has 0 fully saturated rings. The predicted octanol–water partition coefficient (Wildman–Crippen LogP) is -0.801. The Hall–Kier alpha value is -1.50. The van der Waals surface area contributed by atoms with Crippen molar-refractivity contribution in [3.8, 4) is 0 Å². The van der Waals surface area contributed by atoms with Gasteiger partial charge in [0.25, 0.3) is 0 Å². The Morgan fingerprint density at radius 1 is 1.36 bits per heavy atom. The highest BCUT2D eigenvalue weighted by Crippen LogP contribution is 2.02. The minimum absolute atomic E-state index is 0.222. The number of aromatic nitrogens is 3. The second-order valence-corrected chi connectivity index (χ2v) is 2.12. The molecule has 1 aromatic heterocycles. The Bertz CT molecular complexity index is 259. The molecule has 80 valence electrons. The van der Waals surface area contributed by atoms with Gasteiger partial charge in [-0.05, 0) is 5.21 Å². The normalized spacial score (nSPS) is 7.93. The quantitative estimate of drug-likeness (QED) is 0.328. The number of nitrogens with two attached hydrogens (primary N) is 2. The van der Waals surface area contributed by atoms with E-state index < -0.39 is 8.25 Å². The van der Waals surface area contributed by atoms with Crippen LogP contribution in [0, 0.1) is 0 Å². The van der Waals surface area contributed by atoms with Gasteiger partial charge in [0.1, 0.15) is 0 Å². The molecule has 0 aromatic carbocycles. The molecule has 0 saturated heterocycles. The lowest BCUT2D eigenvalue weighted by Crippen LogP contribution is -2.00. The van der Waals surface area contributed by atoms with E-state index in [1.807, 2.05) is 0 Å². The maximum Gasteiger partial charge on any atom is 0.314 e. The summed E-state index contributed by atoms with van der Waals surface area (Å²) in [4.78, 5) is 14.3. The van der Waals surface area contributed by atoms with Gasteiger partial charge >= 0.3 is 8.25 Å². The van der Waals surface area contributed by atoms with Crippen LogP contribution in [0.5, 0.6) is 0 Å². The number of hydrogen-bond acceptors (Lipinski definition) is 6. The van der Waals surface area contributed by atoms with Crippen LogP contribution in [-0.2, 0) is 4.57 Å². The van der Waals surface area contributed by atoms with Gasteiger partial charge in [-0.25, -0.2) is 0 Å². The molecule has 1 aromatic rings. The molecule has 9 heteroatoms. The van der Waals surface area contributed by atoms with Crippen LogP contribution < -0.4 is 11.5 Å². The first-order valence-corrected chi connectivity index (χ1v) is 4.45. The molecule has 14 heavy (non-hydrogen) atoms. The third-order valence-corrected chi connectivity index (χ3v) is 0.697. The van der Waals surface area contributed by atoms with Crippen LogP contribution in [-0.4, -0.2) is 25.2 Å². The molecule has 0 aliphatic heterocycles. The topological polar surface area (TPSA) is 148 Å². The Kier molecular flexibility index (Phi) is 10.3. The molecule has 0 unspecified atom stereocenters. The fraction of sp³-hybridized carbons (Fsp3) is 0. The lowest BCUT2D eigenvalue weighted by molar-refractivity contribution is 0.405. The zero-order chi connectivity index (χ0) is 11.6. The maximum atomic E-state index is 8.74. The first-order valence-electron chi connectivity index (χ1n) is 3.15. The molecule has 8 nitrogen and oxygen atoms in total. The van der Waals surface area contributed by atoms with Crippen molar-refractivity contribution in [1.29, 1.82) is 0 Å². The van der Waals surface area contributed by atoms with Gasteiger partial charge in [0.05, 0.1) is 11.9 Å². The fourth-order valence-corrected chi connectivity index (χ4v) is 0.286. The van der Waals surface area contributed by atoms with Crippen LogP contribution in [0.3, 0.4) is 0 Å². The van der Waals surface area contributed by atoms with Gasteiger partial charge in [-0.3, -0.25) is 4.57 Å². The van der Waals surface area contributed by atoms with Crippen LogP contribution in [0.15, 0.2) is 19.4 Å². The maximum absolute atomic E-state index is 8.74. The smallest absolute Gasteiger partial charge is 0.314 e. The van der Waals surface area contributed by atoms with E-state index in [4.69, 9.17) is 25.8 Å². The van der Waals surface area contributed by atoms with Gasteiger partial charge < -0.3 is 21.3 Å². The van der Waals surface area contributed by atoms with E-state index in [-0.39, 0.29) is 5.82 Å². The summed E-state index contributed by atoms with van der Waals surface area (Å²) in [5.41, 5.74) is 10.8. The average Bonchev–Trinajstić information content (AvgIpc) is 2.13. The average molecular weight is 221 g/mol. The number of anilines is 2. The van der Waals surface area contributed by atoms with Crippen LogP contribution in [0.1, 0.15) is 0 Å². The molecule has 0 bridgehead atoms. The highest BCUT2D eigenvalue weighted by molar-refractivity contribution is 7.30. The van der Waals surface area contributed by atoms with E-state index in [1.165, 1.54) is 6.20 Å². The van der Waals surface area contributed by atoms with E-state index in [0.29, 0.717) is 5.69 Å². The molecule has 0 radical (unpaired) electrons. The first kappa shape index (κ1) is 15.0. The summed E-state index contributed by atoms with van der Waals surface area (Å²) in [7, 11) is -3.13. The Labute approximate surface area is 81.2 Å². The van der Waals surface area contributed by atoms with Crippen molar-refractivity contribution in [3.05, 3.63) is 19.4 Å². The van der Waals surface area contributed by atoms with Gasteiger partial charge in [-0.2, -0.15) is 0 Å². The molecule has 1 heterocycles. The molecule has 0 atom stereocenters. The largest absolute Gasteiger partial charge is 0.394 e. The van der Waals surface area contributed by atoms with E-state index in [2.05, 4.69) is 28.6 Å². The van der Waals surface area contributed by atoms with Gasteiger partial charge in [0.15, 0.2) is 5.82 Å². The van der Waals surface area contributed by atoms with E-state index in [1.54, 1.807) is 0 Å². The fourth-order valence-electron chi connectivity index (χ4n) is 0.286. The zero-order valence-electron chi connectivity index (χ0n) is 7.29. The summed E-state index contributed by atoms with van der Waals surface area (Å²) in [6.07, 6.45) is 1.35. The minimum atomic E-state index is -3.13. The predicted molar refractivity (Wildman–Crippen MR) is 53.3 cm³/mol.